The molecule has 2 rings (SSSR count). The first-order chi connectivity index (χ1) is 9.24. The summed E-state index contributed by atoms with van der Waals surface area (Å²) in [5, 5.41) is 3.54. The molecular formula is C16H25NOS. The fourth-order valence-corrected chi connectivity index (χ4v) is 2.56. The number of hydrogen-bond acceptors (Lipinski definition) is 3. The van der Waals surface area contributed by atoms with Crippen molar-refractivity contribution in [1.82, 2.24) is 5.32 Å². The van der Waals surface area contributed by atoms with Crippen LogP contribution < -0.4 is 5.32 Å². The van der Waals surface area contributed by atoms with Gasteiger partial charge in [-0.05, 0) is 36.5 Å². The summed E-state index contributed by atoms with van der Waals surface area (Å²) in [5.41, 5.74) is 1.38. The smallest absolute Gasteiger partial charge is 0.0560 e. The Kier molecular flexibility index (Phi) is 6.21. The maximum atomic E-state index is 5.58. The molecule has 3 heteroatoms. The standard InChI is InChI=1S/C16H25NOS/c1-13(2)12-18-9-10-19-16-7-3-14(4-8-16)11-17-15-5-6-15/h3-4,7-8,13,15,17H,5-6,9-12H2,1-2H3. The number of thioether (sulfide) groups is 1. The molecule has 0 saturated heterocycles. The Hall–Kier alpha value is -0.510. The monoisotopic (exact) mass is 279 g/mol. The van der Waals surface area contributed by atoms with Crippen LogP contribution in [0, 0.1) is 5.92 Å². The van der Waals surface area contributed by atoms with Crippen LogP contribution in [0.1, 0.15) is 32.3 Å². The summed E-state index contributed by atoms with van der Waals surface area (Å²) in [6.07, 6.45) is 2.70. The summed E-state index contributed by atoms with van der Waals surface area (Å²) in [7, 11) is 0. The SMILES string of the molecule is CC(C)COCCSc1ccc(CNC2CC2)cc1. The molecule has 1 saturated carbocycles. The second kappa shape index (κ2) is 7.93. The van der Waals surface area contributed by atoms with Gasteiger partial charge >= 0.3 is 0 Å². The van der Waals surface area contributed by atoms with Crippen molar-refractivity contribution in [3.63, 3.8) is 0 Å². The number of ether oxygens (including phenoxy) is 1. The molecule has 1 aromatic carbocycles. The fourth-order valence-electron chi connectivity index (χ4n) is 1.79. The van der Waals surface area contributed by atoms with Gasteiger partial charge in [0.2, 0.25) is 0 Å². The Bertz CT molecular complexity index is 360. The number of benzene rings is 1. The van der Waals surface area contributed by atoms with Crippen molar-refractivity contribution in [2.75, 3.05) is 19.0 Å². The summed E-state index contributed by atoms with van der Waals surface area (Å²) in [4.78, 5) is 1.34. The van der Waals surface area contributed by atoms with Crippen molar-refractivity contribution in [1.29, 1.82) is 0 Å². The lowest BCUT2D eigenvalue weighted by Crippen LogP contribution is -2.14. The summed E-state index contributed by atoms with van der Waals surface area (Å²) < 4.78 is 5.58. The predicted molar refractivity (Wildman–Crippen MR) is 82.7 cm³/mol. The minimum absolute atomic E-state index is 0.628. The van der Waals surface area contributed by atoms with E-state index in [1.807, 2.05) is 11.8 Å². The van der Waals surface area contributed by atoms with Crippen LogP contribution in [0.5, 0.6) is 0 Å². The van der Waals surface area contributed by atoms with Crippen LogP contribution in [0.25, 0.3) is 0 Å². The minimum Gasteiger partial charge on any atom is -0.380 e. The van der Waals surface area contributed by atoms with Crippen molar-refractivity contribution >= 4 is 11.8 Å². The zero-order valence-electron chi connectivity index (χ0n) is 12.0. The van der Waals surface area contributed by atoms with Crippen molar-refractivity contribution in [3.05, 3.63) is 29.8 Å². The molecule has 0 aliphatic heterocycles. The van der Waals surface area contributed by atoms with Crippen molar-refractivity contribution in [2.24, 2.45) is 5.92 Å². The highest BCUT2D eigenvalue weighted by Gasteiger charge is 2.19. The molecule has 2 nitrogen and oxygen atoms in total. The molecule has 1 aliphatic carbocycles. The quantitative estimate of drug-likeness (QED) is 0.550. The highest BCUT2D eigenvalue weighted by atomic mass is 32.2. The van der Waals surface area contributed by atoms with E-state index >= 15 is 0 Å². The van der Waals surface area contributed by atoms with E-state index in [1.54, 1.807) is 0 Å². The Balaban J connectivity index is 1.60. The van der Waals surface area contributed by atoms with Crippen LogP contribution in [-0.4, -0.2) is 25.0 Å². The summed E-state index contributed by atoms with van der Waals surface area (Å²) in [5.74, 6) is 1.66. The minimum atomic E-state index is 0.628. The highest BCUT2D eigenvalue weighted by Crippen LogP contribution is 2.21. The predicted octanol–water partition coefficient (Wildman–Crippen LogP) is 3.70. The van der Waals surface area contributed by atoms with Gasteiger partial charge in [-0.15, -0.1) is 11.8 Å². The van der Waals surface area contributed by atoms with E-state index in [1.165, 1.54) is 23.3 Å². The van der Waals surface area contributed by atoms with Gasteiger partial charge in [-0.1, -0.05) is 26.0 Å². The van der Waals surface area contributed by atoms with Crippen molar-refractivity contribution in [3.8, 4) is 0 Å². The molecule has 0 unspecified atom stereocenters. The Morgan fingerprint density at radius 1 is 1.26 bits per heavy atom. The van der Waals surface area contributed by atoms with Crippen LogP contribution in [0.15, 0.2) is 29.2 Å². The molecule has 106 valence electrons. The molecular weight excluding hydrogens is 254 g/mol. The van der Waals surface area contributed by atoms with Gasteiger partial charge < -0.3 is 10.1 Å². The van der Waals surface area contributed by atoms with E-state index in [9.17, 15) is 0 Å². The lowest BCUT2D eigenvalue weighted by molar-refractivity contribution is 0.124. The van der Waals surface area contributed by atoms with Crippen LogP contribution in [0.4, 0.5) is 0 Å². The lowest BCUT2D eigenvalue weighted by Gasteiger charge is -2.07. The fraction of sp³-hybridized carbons (Fsp3) is 0.625. The van der Waals surface area contributed by atoms with Gasteiger partial charge in [0.1, 0.15) is 0 Å². The molecule has 0 heterocycles. The van der Waals surface area contributed by atoms with Crippen molar-refractivity contribution < 1.29 is 4.74 Å². The summed E-state index contributed by atoms with van der Waals surface area (Å²) in [6.45, 7) is 7.08. The third kappa shape index (κ3) is 6.46. The van der Waals surface area contributed by atoms with Gasteiger partial charge in [-0.2, -0.15) is 0 Å². The second-order valence-electron chi connectivity index (χ2n) is 5.62. The average molecular weight is 279 g/mol. The van der Waals surface area contributed by atoms with E-state index in [-0.39, 0.29) is 0 Å². The van der Waals surface area contributed by atoms with E-state index in [4.69, 9.17) is 4.74 Å². The zero-order chi connectivity index (χ0) is 13.5. The van der Waals surface area contributed by atoms with Gasteiger partial charge in [-0.3, -0.25) is 0 Å². The first kappa shape index (κ1) is 14.9. The molecule has 0 spiro atoms. The third-order valence-corrected chi connectivity index (χ3v) is 4.02. The number of nitrogens with one attached hydrogen (secondary N) is 1. The van der Waals surface area contributed by atoms with Gasteiger partial charge in [0, 0.05) is 29.8 Å². The Labute approximate surface area is 121 Å². The molecule has 0 bridgehead atoms. The average Bonchev–Trinajstić information content (AvgIpc) is 3.21. The zero-order valence-corrected chi connectivity index (χ0v) is 12.8. The van der Waals surface area contributed by atoms with Crippen LogP contribution in [-0.2, 0) is 11.3 Å². The molecule has 0 amide bonds. The van der Waals surface area contributed by atoms with E-state index in [2.05, 4.69) is 43.4 Å². The first-order valence-corrected chi connectivity index (χ1v) is 8.25. The van der Waals surface area contributed by atoms with Gasteiger partial charge in [-0.25, -0.2) is 0 Å². The maximum Gasteiger partial charge on any atom is 0.0560 e. The maximum absolute atomic E-state index is 5.58. The van der Waals surface area contributed by atoms with Gasteiger partial charge in [0.15, 0.2) is 0 Å². The van der Waals surface area contributed by atoms with E-state index in [0.29, 0.717) is 5.92 Å². The molecule has 0 aromatic heterocycles. The molecule has 0 atom stereocenters. The molecule has 1 N–H and O–H groups in total. The van der Waals surface area contributed by atoms with Crippen molar-refractivity contribution in [2.45, 2.75) is 44.2 Å². The topological polar surface area (TPSA) is 21.3 Å². The number of hydrogen-bond donors (Lipinski definition) is 1. The molecule has 1 aliphatic rings. The first-order valence-electron chi connectivity index (χ1n) is 7.27. The van der Waals surface area contributed by atoms with Crippen LogP contribution in [0.3, 0.4) is 0 Å². The Morgan fingerprint density at radius 2 is 2.00 bits per heavy atom. The highest BCUT2D eigenvalue weighted by molar-refractivity contribution is 7.99. The molecule has 19 heavy (non-hydrogen) atoms. The molecule has 1 aromatic rings. The third-order valence-electron chi connectivity index (χ3n) is 3.04. The normalized spacial score (nSPS) is 15.1. The number of rotatable bonds is 9. The van der Waals surface area contributed by atoms with Crippen LogP contribution >= 0.6 is 11.8 Å². The van der Waals surface area contributed by atoms with Gasteiger partial charge in [0.25, 0.3) is 0 Å². The molecule has 1 fully saturated rings. The second-order valence-corrected chi connectivity index (χ2v) is 6.78. The lowest BCUT2D eigenvalue weighted by atomic mass is 10.2. The van der Waals surface area contributed by atoms with Crippen LogP contribution in [0.2, 0.25) is 0 Å². The van der Waals surface area contributed by atoms with E-state index in [0.717, 1.165) is 31.6 Å². The summed E-state index contributed by atoms with van der Waals surface area (Å²) in [6, 6.07) is 9.68. The van der Waals surface area contributed by atoms with Gasteiger partial charge in [0.05, 0.1) is 6.61 Å². The molecule has 0 radical (unpaired) electrons. The van der Waals surface area contributed by atoms with E-state index < -0.39 is 0 Å². The summed E-state index contributed by atoms with van der Waals surface area (Å²) >= 11 is 1.87. The largest absolute Gasteiger partial charge is 0.380 e. The Morgan fingerprint density at radius 3 is 2.63 bits per heavy atom.